The SMILES string of the molecule is CC(C)CC(NC(=O)C(Cc1ccc(O)cc1)NC(=O)C(N)CCCCN)C(=O)NC(CS)C(=O)O. The summed E-state index contributed by atoms with van der Waals surface area (Å²) in [5.74, 6) is -3.11. The van der Waals surface area contributed by atoms with Crippen LogP contribution in [-0.2, 0) is 25.6 Å². The molecule has 0 saturated heterocycles. The third-order valence-corrected chi connectivity index (χ3v) is 5.82. The number of thiol groups is 1. The van der Waals surface area contributed by atoms with Gasteiger partial charge in [-0.05, 0) is 49.4 Å². The Morgan fingerprint density at radius 2 is 1.47 bits per heavy atom. The minimum atomic E-state index is -1.24. The van der Waals surface area contributed by atoms with Crippen molar-refractivity contribution in [1.29, 1.82) is 0 Å². The Labute approximate surface area is 217 Å². The van der Waals surface area contributed by atoms with Crippen LogP contribution in [0.15, 0.2) is 24.3 Å². The average molecular weight is 526 g/mol. The minimum absolute atomic E-state index is 0.00133. The Balaban J connectivity index is 3.07. The highest BCUT2D eigenvalue weighted by Gasteiger charge is 2.30. The largest absolute Gasteiger partial charge is 0.508 e. The number of rotatable bonds is 16. The quantitative estimate of drug-likeness (QED) is 0.108. The zero-order valence-electron chi connectivity index (χ0n) is 20.8. The van der Waals surface area contributed by atoms with Gasteiger partial charge in [0, 0.05) is 12.2 Å². The van der Waals surface area contributed by atoms with Crippen LogP contribution in [0.25, 0.3) is 0 Å². The molecule has 4 atom stereocenters. The van der Waals surface area contributed by atoms with Crippen LogP contribution in [0.4, 0.5) is 0 Å². The van der Waals surface area contributed by atoms with Gasteiger partial charge in [0.25, 0.3) is 0 Å². The summed E-state index contributed by atoms with van der Waals surface area (Å²) in [7, 11) is 0. The fourth-order valence-electron chi connectivity index (χ4n) is 3.43. The number of unbranched alkanes of at least 4 members (excludes halogenated alkanes) is 1. The molecule has 0 heterocycles. The predicted molar refractivity (Wildman–Crippen MR) is 139 cm³/mol. The number of carbonyl (C=O) groups is 4. The summed E-state index contributed by atoms with van der Waals surface area (Å²) < 4.78 is 0. The van der Waals surface area contributed by atoms with Crippen molar-refractivity contribution in [3.8, 4) is 5.75 Å². The molecule has 1 aromatic rings. The van der Waals surface area contributed by atoms with E-state index < -0.39 is 47.9 Å². The number of carboxylic acids is 1. The van der Waals surface area contributed by atoms with Crippen molar-refractivity contribution in [3.63, 3.8) is 0 Å². The summed E-state index contributed by atoms with van der Waals surface area (Å²) in [6, 6.07) is 2.00. The lowest BCUT2D eigenvalue weighted by molar-refractivity contribution is -0.141. The van der Waals surface area contributed by atoms with Crippen molar-refractivity contribution in [3.05, 3.63) is 29.8 Å². The number of benzene rings is 1. The fourth-order valence-corrected chi connectivity index (χ4v) is 3.68. The minimum Gasteiger partial charge on any atom is -0.508 e. The van der Waals surface area contributed by atoms with Crippen molar-refractivity contribution in [1.82, 2.24) is 16.0 Å². The topological polar surface area (TPSA) is 197 Å². The van der Waals surface area contributed by atoms with Crippen LogP contribution in [0, 0.1) is 5.92 Å². The van der Waals surface area contributed by atoms with Crippen LogP contribution >= 0.6 is 12.6 Å². The van der Waals surface area contributed by atoms with E-state index in [-0.39, 0.29) is 30.3 Å². The fraction of sp³-hybridized carbons (Fsp3) is 0.583. The molecule has 0 aromatic heterocycles. The predicted octanol–water partition coefficient (Wildman–Crippen LogP) is -0.0941. The molecule has 36 heavy (non-hydrogen) atoms. The standard InChI is InChI=1S/C24H39N5O6S/c1-14(2)11-18(22(32)29-20(13-36)24(34)35)28-23(33)19(12-15-6-8-16(30)9-7-15)27-21(31)17(26)5-3-4-10-25/h6-9,14,17-20,30,36H,3-5,10-13,25-26H2,1-2H3,(H,27,31)(H,28,33)(H,29,32)(H,34,35). The van der Waals surface area contributed by atoms with Gasteiger partial charge >= 0.3 is 5.97 Å². The van der Waals surface area contributed by atoms with Crippen molar-refractivity contribution in [2.45, 2.75) is 70.1 Å². The lowest BCUT2D eigenvalue weighted by Gasteiger charge is -2.26. The second-order valence-electron chi connectivity index (χ2n) is 9.10. The number of phenolic OH excluding ortho intramolecular Hbond substituents is 1. The first-order chi connectivity index (χ1) is 17.0. The van der Waals surface area contributed by atoms with Gasteiger partial charge in [0.2, 0.25) is 17.7 Å². The van der Waals surface area contributed by atoms with Crippen LogP contribution in [0.3, 0.4) is 0 Å². The monoisotopic (exact) mass is 525 g/mol. The molecule has 0 spiro atoms. The van der Waals surface area contributed by atoms with E-state index in [9.17, 15) is 29.4 Å². The molecule has 1 aromatic carbocycles. The van der Waals surface area contributed by atoms with Gasteiger partial charge < -0.3 is 37.6 Å². The van der Waals surface area contributed by atoms with Gasteiger partial charge in [-0.2, -0.15) is 12.6 Å². The zero-order valence-corrected chi connectivity index (χ0v) is 21.7. The molecule has 0 saturated carbocycles. The van der Waals surface area contributed by atoms with Gasteiger partial charge in [0.15, 0.2) is 0 Å². The van der Waals surface area contributed by atoms with E-state index in [0.29, 0.717) is 31.4 Å². The number of nitrogens with two attached hydrogens (primary N) is 2. The summed E-state index contributed by atoms with van der Waals surface area (Å²) in [4.78, 5) is 50.1. The van der Waals surface area contributed by atoms with Crippen molar-refractivity contribution >= 4 is 36.3 Å². The van der Waals surface area contributed by atoms with E-state index in [0.717, 1.165) is 0 Å². The van der Waals surface area contributed by atoms with Gasteiger partial charge in [0.1, 0.15) is 23.9 Å². The summed E-state index contributed by atoms with van der Waals surface area (Å²) in [5, 5.41) is 26.5. The van der Waals surface area contributed by atoms with Gasteiger partial charge in [0.05, 0.1) is 6.04 Å². The molecule has 11 nitrogen and oxygen atoms in total. The maximum absolute atomic E-state index is 13.3. The maximum Gasteiger partial charge on any atom is 0.327 e. The van der Waals surface area contributed by atoms with Gasteiger partial charge in [-0.1, -0.05) is 32.4 Å². The molecule has 3 amide bonds. The third kappa shape index (κ3) is 11.3. The average Bonchev–Trinajstić information content (AvgIpc) is 2.82. The number of aromatic hydroxyl groups is 1. The summed E-state index contributed by atoms with van der Waals surface area (Å²) in [6.07, 6.45) is 2.10. The molecule has 202 valence electrons. The summed E-state index contributed by atoms with van der Waals surface area (Å²) in [5.41, 5.74) is 12.1. The number of phenols is 1. The van der Waals surface area contributed by atoms with Crippen molar-refractivity contribution < 1.29 is 29.4 Å². The van der Waals surface area contributed by atoms with Crippen LogP contribution in [0.5, 0.6) is 5.75 Å². The Morgan fingerprint density at radius 1 is 0.917 bits per heavy atom. The first kappa shape index (κ1) is 31.2. The molecule has 1 rings (SSSR count). The van der Waals surface area contributed by atoms with Crippen LogP contribution in [0.2, 0.25) is 0 Å². The number of nitrogens with one attached hydrogen (secondary N) is 3. The Kier molecular flexibility index (Phi) is 13.9. The molecule has 0 aliphatic carbocycles. The lowest BCUT2D eigenvalue weighted by Crippen LogP contribution is -2.58. The summed E-state index contributed by atoms with van der Waals surface area (Å²) >= 11 is 3.95. The number of hydrogen-bond acceptors (Lipinski definition) is 8. The van der Waals surface area contributed by atoms with E-state index in [1.807, 2.05) is 13.8 Å². The van der Waals surface area contributed by atoms with E-state index in [2.05, 4.69) is 28.6 Å². The maximum atomic E-state index is 13.3. The number of aliphatic carboxylic acids is 1. The molecule has 0 bridgehead atoms. The Morgan fingerprint density at radius 3 is 2.00 bits per heavy atom. The first-order valence-electron chi connectivity index (χ1n) is 12.0. The second-order valence-corrected chi connectivity index (χ2v) is 9.46. The number of hydrogen-bond donors (Lipinski definition) is 8. The van der Waals surface area contributed by atoms with Crippen LogP contribution in [-0.4, -0.2) is 70.4 Å². The van der Waals surface area contributed by atoms with Crippen molar-refractivity contribution in [2.24, 2.45) is 17.4 Å². The molecule has 0 aliphatic rings. The van der Waals surface area contributed by atoms with E-state index in [4.69, 9.17) is 11.5 Å². The van der Waals surface area contributed by atoms with Crippen molar-refractivity contribution in [2.75, 3.05) is 12.3 Å². The molecule has 9 N–H and O–H groups in total. The number of carbonyl (C=O) groups excluding carboxylic acids is 3. The molecule has 0 aliphatic heterocycles. The molecule has 12 heteroatoms. The Hall–Kier alpha value is -2.83. The van der Waals surface area contributed by atoms with E-state index in [1.165, 1.54) is 12.1 Å². The molecular formula is C24H39N5O6S. The van der Waals surface area contributed by atoms with E-state index >= 15 is 0 Å². The third-order valence-electron chi connectivity index (χ3n) is 5.45. The van der Waals surface area contributed by atoms with Crippen LogP contribution in [0.1, 0.15) is 45.1 Å². The van der Waals surface area contributed by atoms with Crippen LogP contribution < -0.4 is 27.4 Å². The molecular weight excluding hydrogens is 486 g/mol. The first-order valence-corrected chi connectivity index (χ1v) is 12.6. The normalized spacial score (nSPS) is 14.4. The lowest BCUT2D eigenvalue weighted by atomic mass is 10.0. The highest BCUT2D eigenvalue weighted by molar-refractivity contribution is 7.80. The smallest absolute Gasteiger partial charge is 0.327 e. The summed E-state index contributed by atoms with van der Waals surface area (Å²) in [6.45, 7) is 4.20. The highest BCUT2D eigenvalue weighted by atomic mass is 32.1. The number of amides is 3. The molecule has 0 radical (unpaired) electrons. The molecule has 0 fully saturated rings. The highest BCUT2D eigenvalue weighted by Crippen LogP contribution is 2.13. The van der Waals surface area contributed by atoms with Gasteiger partial charge in [-0.15, -0.1) is 0 Å². The second kappa shape index (κ2) is 16.0. The Bertz CT molecular complexity index is 867. The van der Waals surface area contributed by atoms with Gasteiger partial charge in [-0.25, -0.2) is 4.79 Å². The number of carboxylic acid groups (broad SMARTS) is 1. The zero-order chi connectivity index (χ0) is 27.3. The molecule has 4 unspecified atom stereocenters. The van der Waals surface area contributed by atoms with Gasteiger partial charge in [-0.3, -0.25) is 14.4 Å². The van der Waals surface area contributed by atoms with E-state index in [1.54, 1.807) is 12.1 Å².